The summed E-state index contributed by atoms with van der Waals surface area (Å²) in [5.74, 6) is 2.26. The van der Waals surface area contributed by atoms with Gasteiger partial charge in [0, 0.05) is 37.7 Å². The third kappa shape index (κ3) is 3.18. The van der Waals surface area contributed by atoms with Crippen LogP contribution in [-0.2, 0) is 6.42 Å². The summed E-state index contributed by atoms with van der Waals surface area (Å²) in [6, 6.07) is 9.59. The van der Waals surface area contributed by atoms with Crippen LogP contribution in [0.5, 0.6) is 5.75 Å². The highest BCUT2D eigenvalue weighted by molar-refractivity contribution is 5.97. The molecule has 0 saturated carbocycles. The van der Waals surface area contributed by atoms with Crippen molar-refractivity contribution in [3.8, 4) is 5.75 Å². The maximum Gasteiger partial charge on any atom is 0.255 e. The van der Waals surface area contributed by atoms with E-state index in [0.29, 0.717) is 23.6 Å². The lowest BCUT2D eigenvalue weighted by Crippen LogP contribution is -2.53. The van der Waals surface area contributed by atoms with E-state index in [1.807, 2.05) is 28.8 Å². The highest BCUT2D eigenvalue weighted by Crippen LogP contribution is 2.34. The number of anilines is 1. The largest absolute Gasteiger partial charge is 0.484 e. The Bertz CT molecular complexity index is 1050. The van der Waals surface area contributed by atoms with Crippen LogP contribution in [-0.4, -0.2) is 50.7 Å². The lowest BCUT2D eigenvalue weighted by molar-refractivity contribution is 0.0471. The number of piperidine rings is 1. The highest BCUT2D eigenvalue weighted by Gasteiger charge is 2.40. The van der Waals surface area contributed by atoms with Gasteiger partial charge in [0.1, 0.15) is 23.5 Å². The summed E-state index contributed by atoms with van der Waals surface area (Å²) in [5, 5.41) is 7.41. The summed E-state index contributed by atoms with van der Waals surface area (Å²) in [5.41, 5.74) is 1.25. The Morgan fingerprint density at radius 1 is 1.24 bits per heavy atom. The number of hydrogen-bond acceptors (Lipinski definition) is 6. The average molecular weight is 392 g/mol. The van der Waals surface area contributed by atoms with Gasteiger partial charge in [-0.1, -0.05) is 25.5 Å². The molecule has 1 N–H and O–H groups in total. The van der Waals surface area contributed by atoms with Crippen molar-refractivity contribution < 1.29 is 9.53 Å². The molecule has 4 heterocycles. The molecule has 1 spiro atoms. The first-order valence-corrected chi connectivity index (χ1v) is 10.2. The van der Waals surface area contributed by atoms with E-state index in [-0.39, 0.29) is 11.5 Å². The van der Waals surface area contributed by atoms with Crippen LogP contribution >= 0.6 is 0 Å². The number of para-hydroxylation sites is 1. The molecule has 0 aliphatic carbocycles. The summed E-state index contributed by atoms with van der Waals surface area (Å²) in [6.45, 7) is 4.28. The number of aromatic nitrogens is 4. The molecular weight excluding hydrogens is 368 g/mol. The lowest BCUT2D eigenvalue weighted by Gasteiger charge is -2.41. The fraction of sp³-hybridized carbons (Fsp3) is 0.429. The van der Waals surface area contributed by atoms with Crippen molar-refractivity contribution in [2.24, 2.45) is 0 Å². The number of carbonyl (C=O) groups is 1. The Morgan fingerprint density at radius 3 is 2.90 bits per heavy atom. The summed E-state index contributed by atoms with van der Waals surface area (Å²) < 4.78 is 8.23. The van der Waals surface area contributed by atoms with Gasteiger partial charge in [0.25, 0.3) is 11.7 Å². The van der Waals surface area contributed by atoms with Gasteiger partial charge in [0.05, 0.1) is 12.1 Å². The third-order valence-corrected chi connectivity index (χ3v) is 5.82. The van der Waals surface area contributed by atoms with Gasteiger partial charge in [0.15, 0.2) is 0 Å². The molecule has 1 amide bonds. The van der Waals surface area contributed by atoms with Gasteiger partial charge >= 0.3 is 0 Å². The standard InChI is InChI=1S/C21H24N6O2/c1-2-5-15-12-18(27-20(25-15)23-14-24-27)26-10-8-21(9-11-26)13-22-19(28)16-6-3-4-7-17(16)29-21/h3-4,6-7,12,14H,2,5,8-11,13H2,1H3,(H,22,28). The number of carbonyl (C=O) groups excluding carboxylic acids is 1. The van der Waals surface area contributed by atoms with Gasteiger partial charge in [-0.25, -0.2) is 4.98 Å². The predicted molar refractivity (Wildman–Crippen MR) is 108 cm³/mol. The maximum atomic E-state index is 12.4. The summed E-state index contributed by atoms with van der Waals surface area (Å²) >= 11 is 0. The SMILES string of the molecule is CCCc1cc(N2CCC3(CC2)CNC(=O)c2ccccc2O3)n2ncnc2n1. The minimum atomic E-state index is -0.389. The van der Waals surface area contributed by atoms with Crippen molar-refractivity contribution in [3.63, 3.8) is 0 Å². The van der Waals surface area contributed by atoms with E-state index < -0.39 is 0 Å². The molecule has 3 aromatic rings. The number of benzene rings is 1. The Hall–Kier alpha value is -3.16. The normalized spacial score (nSPS) is 18.2. The number of fused-ring (bicyclic) bond motifs is 2. The predicted octanol–water partition coefficient (Wildman–Crippen LogP) is 2.24. The maximum absolute atomic E-state index is 12.4. The van der Waals surface area contributed by atoms with Crippen molar-refractivity contribution in [2.45, 2.75) is 38.2 Å². The molecule has 2 aromatic heterocycles. The van der Waals surface area contributed by atoms with Crippen LogP contribution in [0.1, 0.15) is 42.2 Å². The molecule has 0 bridgehead atoms. The minimum Gasteiger partial charge on any atom is -0.484 e. The molecule has 2 aliphatic rings. The van der Waals surface area contributed by atoms with E-state index in [4.69, 9.17) is 4.74 Å². The summed E-state index contributed by atoms with van der Waals surface area (Å²) in [6.07, 6.45) is 5.12. The zero-order chi connectivity index (χ0) is 19.8. The van der Waals surface area contributed by atoms with Crippen molar-refractivity contribution in [1.29, 1.82) is 0 Å². The van der Waals surface area contributed by atoms with Crippen molar-refractivity contribution >= 4 is 17.5 Å². The van der Waals surface area contributed by atoms with Crippen molar-refractivity contribution in [3.05, 3.63) is 47.9 Å². The Balaban J connectivity index is 1.40. The van der Waals surface area contributed by atoms with Crippen molar-refractivity contribution in [1.82, 2.24) is 24.9 Å². The quantitative estimate of drug-likeness (QED) is 0.736. The summed E-state index contributed by atoms with van der Waals surface area (Å²) in [4.78, 5) is 23.6. The number of rotatable bonds is 3. The number of amides is 1. The van der Waals surface area contributed by atoms with E-state index in [1.54, 1.807) is 6.33 Å². The fourth-order valence-electron chi connectivity index (χ4n) is 4.22. The molecule has 150 valence electrons. The molecule has 8 nitrogen and oxygen atoms in total. The number of nitrogens with zero attached hydrogens (tertiary/aromatic N) is 5. The molecule has 1 saturated heterocycles. The lowest BCUT2D eigenvalue weighted by atomic mass is 9.91. The molecule has 0 unspecified atom stereocenters. The van der Waals surface area contributed by atoms with Crippen LogP contribution in [0.4, 0.5) is 5.82 Å². The van der Waals surface area contributed by atoms with Crippen molar-refractivity contribution in [2.75, 3.05) is 24.5 Å². The first kappa shape index (κ1) is 17.9. The second-order valence-corrected chi connectivity index (χ2v) is 7.78. The van der Waals surface area contributed by atoms with Gasteiger partial charge in [-0.05, 0) is 18.6 Å². The monoisotopic (exact) mass is 392 g/mol. The van der Waals surface area contributed by atoms with E-state index in [1.165, 1.54) is 0 Å². The second kappa shape index (κ2) is 7.02. The molecular formula is C21H24N6O2. The number of nitrogens with one attached hydrogen (secondary N) is 1. The van der Waals surface area contributed by atoms with Gasteiger partial charge in [-0.2, -0.15) is 14.6 Å². The van der Waals surface area contributed by atoms with Crippen LogP contribution in [0.3, 0.4) is 0 Å². The zero-order valence-electron chi connectivity index (χ0n) is 16.5. The van der Waals surface area contributed by atoms with E-state index in [9.17, 15) is 4.79 Å². The van der Waals surface area contributed by atoms with Gasteiger partial charge < -0.3 is 15.0 Å². The molecule has 1 aromatic carbocycles. The van der Waals surface area contributed by atoms with Crippen LogP contribution in [0.15, 0.2) is 36.7 Å². The van der Waals surface area contributed by atoms with Gasteiger partial charge in [-0.15, -0.1) is 0 Å². The summed E-state index contributed by atoms with van der Waals surface area (Å²) in [7, 11) is 0. The molecule has 0 radical (unpaired) electrons. The van der Waals surface area contributed by atoms with Gasteiger partial charge in [-0.3, -0.25) is 4.79 Å². The van der Waals surface area contributed by atoms with E-state index >= 15 is 0 Å². The molecule has 1 fully saturated rings. The first-order valence-electron chi connectivity index (χ1n) is 10.2. The Kier molecular flexibility index (Phi) is 4.34. The number of ether oxygens (including phenoxy) is 1. The van der Waals surface area contributed by atoms with E-state index in [2.05, 4.69) is 38.3 Å². The smallest absolute Gasteiger partial charge is 0.255 e. The minimum absolute atomic E-state index is 0.0671. The van der Waals surface area contributed by atoms with Crippen LogP contribution < -0.4 is 15.0 Å². The zero-order valence-corrected chi connectivity index (χ0v) is 16.5. The molecule has 8 heteroatoms. The van der Waals surface area contributed by atoms with E-state index in [0.717, 1.165) is 50.3 Å². The molecule has 2 aliphatic heterocycles. The first-order chi connectivity index (χ1) is 14.2. The number of hydrogen-bond donors (Lipinski definition) is 1. The average Bonchev–Trinajstić information content (AvgIpc) is 3.16. The third-order valence-electron chi connectivity index (χ3n) is 5.82. The van der Waals surface area contributed by atoms with Gasteiger partial charge in [0.2, 0.25) is 0 Å². The molecule has 29 heavy (non-hydrogen) atoms. The van der Waals surface area contributed by atoms with Crippen LogP contribution in [0.25, 0.3) is 5.78 Å². The molecule has 5 rings (SSSR count). The second-order valence-electron chi connectivity index (χ2n) is 7.78. The number of aryl methyl sites for hydroxylation is 1. The molecule has 0 atom stereocenters. The topological polar surface area (TPSA) is 84.7 Å². The Morgan fingerprint density at radius 2 is 2.07 bits per heavy atom. The van der Waals surface area contributed by atoms with Crippen LogP contribution in [0.2, 0.25) is 0 Å². The fourth-order valence-corrected chi connectivity index (χ4v) is 4.22. The Labute approximate surface area is 168 Å². The highest BCUT2D eigenvalue weighted by atomic mass is 16.5. The van der Waals surface area contributed by atoms with Crippen LogP contribution in [0, 0.1) is 0 Å².